The molecule has 0 bridgehead atoms. The number of thioether (sulfide) groups is 1. The van der Waals surface area contributed by atoms with Crippen LogP contribution in [0.15, 0.2) is 151 Å². The molecule has 0 aromatic heterocycles. The van der Waals surface area contributed by atoms with Gasteiger partial charge in [-0.1, -0.05) is 133 Å². The number of hydrazone groups is 1. The largest absolute Gasteiger partial charge is 0.258 e. The minimum absolute atomic E-state index is 0.0726. The number of hydrogen-bond donors (Lipinski definition) is 0. The summed E-state index contributed by atoms with van der Waals surface area (Å²) in [6, 6.07) is 52.0. The van der Waals surface area contributed by atoms with E-state index in [0.29, 0.717) is 10.5 Å². The Morgan fingerprint density at radius 3 is 1.56 bits per heavy atom. The van der Waals surface area contributed by atoms with Crippen molar-refractivity contribution in [2.45, 2.75) is 34.8 Å². The second kappa shape index (κ2) is 11.2. The summed E-state index contributed by atoms with van der Waals surface area (Å²) in [5.74, 6) is 0.0726. The van der Waals surface area contributed by atoms with Crippen molar-refractivity contribution in [2.24, 2.45) is 5.10 Å². The number of nitrogens with zero attached hydrogens (tertiary/aromatic N) is 2. The highest BCUT2D eigenvalue weighted by Crippen LogP contribution is 2.61. The molecule has 5 aromatic rings. The maximum absolute atomic E-state index is 6.36. The summed E-state index contributed by atoms with van der Waals surface area (Å²) in [7, 11) is 0. The van der Waals surface area contributed by atoms with Gasteiger partial charge in [0.1, 0.15) is 0 Å². The Morgan fingerprint density at radius 2 is 1.05 bits per heavy atom. The van der Waals surface area contributed by atoms with Gasteiger partial charge < -0.3 is 0 Å². The lowest BCUT2D eigenvalue weighted by Crippen LogP contribution is -2.51. The van der Waals surface area contributed by atoms with Crippen LogP contribution in [0.4, 0.5) is 5.69 Å². The minimum Gasteiger partial charge on any atom is -0.258 e. The summed E-state index contributed by atoms with van der Waals surface area (Å²) in [6.45, 7) is 0. The molecule has 4 atom stereocenters. The van der Waals surface area contributed by atoms with Crippen molar-refractivity contribution in [3.63, 3.8) is 0 Å². The average molecular weight is 571 g/mol. The van der Waals surface area contributed by atoms with Gasteiger partial charge in [0.2, 0.25) is 0 Å². The molecule has 1 saturated heterocycles. The van der Waals surface area contributed by atoms with E-state index in [1.165, 1.54) is 16.7 Å². The predicted octanol–water partition coefficient (Wildman–Crippen LogP) is 10.1. The summed E-state index contributed by atoms with van der Waals surface area (Å²) in [6.07, 6.45) is 1.94. The lowest BCUT2D eigenvalue weighted by atomic mass is 9.69. The molecule has 0 saturated carbocycles. The highest BCUT2D eigenvalue weighted by Gasteiger charge is 2.57. The Morgan fingerprint density at radius 1 is 0.585 bits per heavy atom. The third-order valence-corrected chi connectivity index (χ3v) is 10.2. The third-order valence-electron chi connectivity index (χ3n) is 8.46. The van der Waals surface area contributed by atoms with E-state index in [4.69, 9.17) is 16.7 Å². The van der Waals surface area contributed by atoms with Gasteiger partial charge >= 0.3 is 0 Å². The van der Waals surface area contributed by atoms with Crippen LogP contribution >= 0.6 is 23.4 Å². The fourth-order valence-corrected chi connectivity index (χ4v) is 8.56. The minimum atomic E-state index is -0.288. The summed E-state index contributed by atoms with van der Waals surface area (Å²) in [4.78, 5) is 0. The maximum Gasteiger partial charge on any atom is 0.0786 e. The van der Waals surface area contributed by atoms with E-state index >= 15 is 0 Å². The number of halogens is 1. The van der Waals surface area contributed by atoms with Crippen LogP contribution in [0, 0.1) is 0 Å². The highest BCUT2D eigenvalue weighted by molar-refractivity contribution is 7.99. The molecule has 0 amide bonds. The molecule has 1 spiro atoms. The number of anilines is 1. The van der Waals surface area contributed by atoms with Gasteiger partial charge in [-0.2, -0.15) is 5.10 Å². The summed E-state index contributed by atoms with van der Waals surface area (Å²) >= 11 is 8.46. The van der Waals surface area contributed by atoms with Gasteiger partial charge in [0, 0.05) is 15.5 Å². The van der Waals surface area contributed by atoms with E-state index in [9.17, 15) is 0 Å². The highest BCUT2D eigenvalue weighted by atomic mass is 35.5. The van der Waals surface area contributed by atoms with E-state index in [2.05, 4.69) is 150 Å². The van der Waals surface area contributed by atoms with Crippen LogP contribution in [-0.4, -0.2) is 11.3 Å². The van der Waals surface area contributed by atoms with Crippen LogP contribution in [0.5, 0.6) is 0 Å². The Kier molecular flexibility index (Phi) is 7.16. The molecule has 4 heteroatoms. The molecule has 0 radical (unpaired) electrons. The first kappa shape index (κ1) is 26.1. The first-order valence-corrected chi connectivity index (χ1v) is 15.5. The van der Waals surface area contributed by atoms with Crippen molar-refractivity contribution in [3.8, 4) is 0 Å². The average Bonchev–Trinajstić information content (AvgIpc) is 3.36. The van der Waals surface area contributed by atoms with E-state index in [-0.39, 0.29) is 11.5 Å². The van der Waals surface area contributed by atoms with Gasteiger partial charge in [-0.05, 0) is 59.4 Å². The van der Waals surface area contributed by atoms with Gasteiger partial charge in [0.25, 0.3) is 0 Å². The summed E-state index contributed by atoms with van der Waals surface area (Å²) in [5, 5.41) is 9.28. The standard InChI is InChI=1S/C37H31ClN2S/c38-31-23-21-30(22-24-31)36-35(29-17-9-3-10-18-29)37(40(39-36)32-19-11-4-12-20-32)25-33(27-13-5-1-6-14-27)41-34(26-37)28-15-7-2-8-16-28/h1-24,33-35H,25-26H2/t33-,34+,35?,37?. The van der Waals surface area contributed by atoms with Crippen molar-refractivity contribution >= 4 is 34.8 Å². The molecule has 2 aliphatic rings. The van der Waals surface area contributed by atoms with Crippen molar-refractivity contribution in [3.05, 3.63) is 173 Å². The molecular formula is C37H31ClN2S. The van der Waals surface area contributed by atoms with Gasteiger partial charge in [-0.3, -0.25) is 5.01 Å². The van der Waals surface area contributed by atoms with Crippen LogP contribution < -0.4 is 5.01 Å². The normalized spacial score (nSPS) is 23.9. The smallest absolute Gasteiger partial charge is 0.0786 e. The lowest BCUT2D eigenvalue weighted by Gasteiger charge is -2.50. The molecule has 0 N–H and O–H groups in total. The van der Waals surface area contributed by atoms with Crippen molar-refractivity contribution in [1.29, 1.82) is 0 Å². The van der Waals surface area contributed by atoms with Crippen LogP contribution in [-0.2, 0) is 0 Å². The molecular weight excluding hydrogens is 540 g/mol. The maximum atomic E-state index is 6.36. The number of benzene rings is 5. The molecule has 5 aromatic carbocycles. The zero-order valence-electron chi connectivity index (χ0n) is 22.7. The van der Waals surface area contributed by atoms with Gasteiger partial charge in [-0.25, -0.2) is 0 Å². The van der Waals surface area contributed by atoms with Crippen molar-refractivity contribution in [1.82, 2.24) is 0 Å². The second-order valence-corrected chi connectivity index (χ2v) is 12.8. The molecule has 2 unspecified atom stereocenters. The zero-order chi connectivity index (χ0) is 27.6. The summed E-state index contributed by atoms with van der Waals surface area (Å²) in [5.41, 5.74) is 7.10. The number of para-hydroxylation sites is 1. The summed E-state index contributed by atoms with van der Waals surface area (Å²) < 4.78 is 0. The van der Waals surface area contributed by atoms with Crippen LogP contribution in [0.2, 0.25) is 5.02 Å². The monoisotopic (exact) mass is 570 g/mol. The Labute approximate surface area is 251 Å². The molecule has 2 nitrogen and oxygen atoms in total. The molecule has 202 valence electrons. The lowest BCUT2D eigenvalue weighted by molar-refractivity contribution is 0.318. The topological polar surface area (TPSA) is 15.6 Å². The molecule has 2 aliphatic heterocycles. The number of hydrogen-bond acceptors (Lipinski definition) is 3. The Balaban J connectivity index is 1.46. The molecule has 1 fully saturated rings. The molecule has 41 heavy (non-hydrogen) atoms. The van der Waals surface area contributed by atoms with E-state index < -0.39 is 0 Å². The van der Waals surface area contributed by atoms with Gasteiger partial charge in [-0.15, -0.1) is 11.8 Å². The first-order chi connectivity index (χ1) is 20.2. The van der Waals surface area contributed by atoms with Crippen molar-refractivity contribution in [2.75, 3.05) is 5.01 Å². The quantitative estimate of drug-likeness (QED) is 0.209. The third kappa shape index (κ3) is 4.98. The molecule has 0 aliphatic carbocycles. The second-order valence-electron chi connectivity index (χ2n) is 10.9. The van der Waals surface area contributed by atoms with Crippen LogP contribution in [0.1, 0.15) is 51.5 Å². The van der Waals surface area contributed by atoms with E-state index in [0.717, 1.165) is 34.8 Å². The Hall–Kier alpha value is -3.79. The number of rotatable bonds is 5. The first-order valence-electron chi connectivity index (χ1n) is 14.2. The van der Waals surface area contributed by atoms with E-state index in [1.807, 2.05) is 12.1 Å². The van der Waals surface area contributed by atoms with Gasteiger partial charge in [0.15, 0.2) is 0 Å². The fourth-order valence-electron chi connectivity index (χ4n) is 6.64. The Bertz CT molecular complexity index is 1580. The van der Waals surface area contributed by atoms with Gasteiger partial charge in [0.05, 0.1) is 22.9 Å². The van der Waals surface area contributed by atoms with E-state index in [1.54, 1.807) is 0 Å². The molecule has 2 heterocycles. The molecule has 7 rings (SSSR count). The zero-order valence-corrected chi connectivity index (χ0v) is 24.3. The predicted molar refractivity (Wildman–Crippen MR) is 174 cm³/mol. The fraction of sp³-hybridized carbons (Fsp3) is 0.162. The SMILES string of the molecule is Clc1ccc(C2=NN(c3ccccc3)C3(C[C@@H](c4ccccc4)S[C@@H](c4ccccc4)C3)C2c2ccccc2)cc1. The van der Waals surface area contributed by atoms with Crippen LogP contribution in [0.3, 0.4) is 0 Å². The van der Waals surface area contributed by atoms with Crippen LogP contribution in [0.25, 0.3) is 0 Å². The van der Waals surface area contributed by atoms with Crippen molar-refractivity contribution < 1.29 is 0 Å².